The molecule has 1 aliphatic heterocycles. The Morgan fingerprint density at radius 1 is 1.46 bits per heavy atom. The van der Waals surface area contributed by atoms with Crippen molar-refractivity contribution in [2.75, 3.05) is 17.7 Å². The van der Waals surface area contributed by atoms with Crippen LogP contribution in [0.1, 0.15) is 26.7 Å². The Kier molecular flexibility index (Phi) is 4.22. The first-order valence-corrected chi connectivity index (χ1v) is 9.26. The first kappa shape index (κ1) is 16.7. The van der Waals surface area contributed by atoms with Gasteiger partial charge < -0.3 is 15.8 Å². The quantitative estimate of drug-likeness (QED) is 0.857. The third-order valence-corrected chi connectivity index (χ3v) is 6.06. The van der Waals surface area contributed by atoms with Crippen LogP contribution >= 0.6 is 0 Å². The highest BCUT2D eigenvalue weighted by molar-refractivity contribution is 7.90. The largest absolute Gasteiger partial charge is 0.368 e. The van der Waals surface area contributed by atoms with Gasteiger partial charge in [0.15, 0.2) is 0 Å². The maximum absolute atomic E-state index is 12.5. The van der Waals surface area contributed by atoms with Gasteiger partial charge in [0.2, 0.25) is 16.0 Å². The van der Waals surface area contributed by atoms with Crippen molar-refractivity contribution in [3.63, 3.8) is 0 Å². The Bertz CT molecular complexity index is 882. The molecular weight excluding hydrogens is 332 g/mol. The second kappa shape index (κ2) is 6.06. The summed E-state index contributed by atoms with van der Waals surface area (Å²) >= 11 is 0. The van der Waals surface area contributed by atoms with Crippen molar-refractivity contribution in [3.8, 4) is 0 Å². The number of hydrogen-bond donors (Lipinski definition) is 2. The number of nitrogen functional groups attached to an aromatic ring is 1. The SMILES string of the molecule is CC(C)S(=O)(=O)n1c(N)nc2ccc(NC(=O)C3CCCO3)cc21. The van der Waals surface area contributed by atoms with Gasteiger partial charge >= 0.3 is 0 Å². The lowest BCUT2D eigenvalue weighted by Gasteiger charge is -2.13. The number of ether oxygens (including phenoxy) is 1. The maximum Gasteiger partial charge on any atom is 0.253 e. The van der Waals surface area contributed by atoms with Gasteiger partial charge in [-0.1, -0.05) is 0 Å². The lowest BCUT2D eigenvalue weighted by molar-refractivity contribution is -0.124. The highest BCUT2D eigenvalue weighted by Crippen LogP contribution is 2.25. The fourth-order valence-corrected chi connectivity index (χ4v) is 3.78. The molecule has 24 heavy (non-hydrogen) atoms. The van der Waals surface area contributed by atoms with Gasteiger partial charge in [-0.25, -0.2) is 17.4 Å². The van der Waals surface area contributed by atoms with Crippen LogP contribution in [0, 0.1) is 0 Å². The van der Waals surface area contributed by atoms with Gasteiger partial charge in [-0.05, 0) is 44.9 Å². The molecule has 1 atom stereocenters. The summed E-state index contributed by atoms with van der Waals surface area (Å²) < 4.78 is 31.4. The van der Waals surface area contributed by atoms with Gasteiger partial charge in [-0.2, -0.15) is 0 Å². The number of anilines is 2. The molecule has 0 saturated carbocycles. The van der Waals surface area contributed by atoms with Gasteiger partial charge in [0.1, 0.15) is 6.10 Å². The molecule has 1 fully saturated rings. The summed E-state index contributed by atoms with van der Waals surface area (Å²) in [6.45, 7) is 3.72. The second-order valence-electron chi connectivity index (χ2n) is 6.02. The third-order valence-electron chi connectivity index (χ3n) is 3.98. The summed E-state index contributed by atoms with van der Waals surface area (Å²) in [4.78, 5) is 16.2. The number of carbonyl (C=O) groups excluding carboxylic acids is 1. The number of nitrogens with two attached hydrogens (primary N) is 1. The first-order chi connectivity index (χ1) is 11.3. The molecule has 0 spiro atoms. The van der Waals surface area contributed by atoms with Crippen molar-refractivity contribution in [1.29, 1.82) is 0 Å². The predicted molar refractivity (Wildman–Crippen MR) is 91.2 cm³/mol. The Morgan fingerprint density at radius 3 is 2.83 bits per heavy atom. The number of amides is 1. The molecule has 8 nitrogen and oxygen atoms in total. The van der Waals surface area contributed by atoms with E-state index in [-0.39, 0.29) is 11.9 Å². The molecule has 0 aliphatic carbocycles. The molecule has 3 N–H and O–H groups in total. The van der Waals surface area contributed by atoms with E-state index >= 15 is 0 Å². The van der Waals surface area contributed by atoms with Crippen molar-refractivity contribution in [2.24, 2.45) is 0 Å². The fraction of sp³-hybridized carbons (Fsp3) is 0.467. The zero-order valence-electron chi connectivity index (χ0n) is 13.5. The number of rotatable bonds is 4. The van der Waals surface area contributed by atoms with Crippen molar-refractivity contribution in [2.45, 2.75) is 38.0 Å². The third kappa shape index (κ3) is 2.84. The molecule has 1 saturated heterocycles. The van der Waals surface area contributed by atoms with Gasteiger partial charge in [0.25, 0.3) is 5.91 Å². The molecule has 2 heterocycles. The molecule has 1 aliphatic rings. The van der Waals surface area contributed by atoms with E-state index in [2.05, 4.69) is 10.3 Å². The number of hydrogen-bond acceptors (Lipinski definition) is 6. The van der Waals surface area contributed by atoms with E-state index < -0.39 is 21.4 Å². The van der Waals surface area contributed by atoms with Crippen molar-refractivity contribution in [3.05, 3.63) is 18.2 Å². The molecule has 1 unspecified atom stereocenters. The van der Waals surface area contributed by atoms with Crippen LogP contribution in [0.4, 0.5) is 11.6 Å². The lowest BCUT2D eigenvalue weighted by Crippen LogP contribution is -2.27. The second-order valence-corrected chi connectivity index (χ2v) is 8.36. The lowest BCUT2D eigenvalue weighted by atomic mass is 10.2. The highest BCUT2D eigenvalue weighted by Gasteiger charge is 2.26. The van der Waals surface area contributed by atoms with Crippen molar-refractivity contribution in [1.82, 2.24) is 8.96 Å². The standard InChI is InChI=1S/C15H20N4O4S/c1-9(2)24(21,22)19-12-8-10(5-6-11(12)18-15(19)16)17-14(20)13-4-3-7-23-13/h5-6,8-9,13H,3-4,7H2,1-2H3,(H2,16,18)(H,17,20). The topological polar surface area (TPSA) is 116 Å². The Morgan fingerprint density at radius 2 is 2.21 bits per heavy atom. The first-order valence-electron chi connectivity index (χ1n) is 7.75. The average molecular weight is 352 g/mol. The zero-order chi connectivity index (χ0) is 17.5. The molecule has 1 amide bonds. The van der Waals surface area contributed by atoms with E-state index in [9.17, 15) is 13.2 Å². The molecule has 0 radical (unpaired) electrons. The van der Waals surface area contributed by atoms with Crippen LogP contribution in [0.15, 0.2) is 18.2 Å². The van der Waals surface area contributed by atoms with E-state index in [1.165, 1.54) is 0 Å². The van der Waals surface area contributed by atoms with E-state index in [1.54, 1.807) is 32.0 Å². The minimum absolute atomic E-state index is 0.0960. The van der Waals surface area contributed by atoms with E-state index in [4.69, 9.17) is 10.5 Å². The number of carbonyl (C=O) groups is 1. The molecule has 1 aromatic carbocycles. The highest BCUT2D eigenvalue weighted by atomic mass is 32.2. The van der Waals surface area contributed by atoms with Crippen LogP contribution in [0.5, 0.6) is 0 Å². The molecule has 3 rings (SSSR count). The van der Waals surface area contributed by atoms with Crippen LogP contribution in [-0.4, -0.2) is 41.2 Å². The number of nitrogens with zero attached hydrogens (tertiary/aromatic N) is 2. The smallest absolute Gasteiger partial charge is 0.253 e. The average Bonchev–Trinajstić information content (AvgIpc) is 3.13. The predicted octanol–water partition coefficient (Wildman–Crippen LogP) is 1.32. The summed E-state index contributed by atoms with van der Waals surface area (Å²) in [6.07, 6.45) is 1.07. The van der Waals surface area contributed by atoms with Crippen LogP contribution in [0.25, 0.3) is 11.0 Å². The zero-order valence-corrected chi connectivity index (χ0v) is 14.3. The van der Waals surface area contributed by atoms with Gasteiger partial charge in [-0.15, -0.1) is 0 Å². The molecule has 130 valence electrons. The van der Waals surface area contributed by atoms with E-state index in [1.807, 2.05) is 0 Å². The molecule has 2 aromatic rings. The summed E-state index contributed by atoms with van der Waals surface area (Å²) in [5, 5.41) is 2.10. The number of aromatic nitrogens is 2. The Hall–Kier alpha value is -2.13. The maximum atomic E-state index is 12.5. The summed E-state index contributed by atoms with van der Waals surface area (Å²) in [5.41, 5.74) is 7.06. The minimum Gasteiger partial charge on any atom is -0.368 e. The number of imidazole rings is 1. The monoisotopic (exact) mass is 352 g/mol. The normalized spacial score (nSPS) is 18.4. The summed E-state index contributed by atoms with van der Waals surface area (Å²) in [7, 11) is -3.66. The van der Waals surface area contributed by atoms with Crippen molar-refractivity contribution < 1.29 is 17.9 Å². The number of nitrogens with one attached hydrogen (secondary N) is 1. The Balaban J connectivity index is 1.99. The minimum atomic E-state index is -3.66. The van der Waals surface area contributed by atoms with E-state index in [0.29, 0.717) is 29.7 Å². The summed E-state index contributed by atoms with van der Waals surface area (Å²) in [6, 6.07) is 4.85. The Labute approximate surface area is 140 Å². The molecular formula is C15H20N4O4S. The molecule has 1 aromatic heterocycles. The van der Waals surface area contributed by atoms with Gasteiger partial charge in [0, 0.05) is 12.3 Å². The van der Waals surface area contributed by atoms with Crippen molar-refractivity contribution >= 4 is 38.6 Å². The summed E-state index contributed by atoms with van der Waals surface area (Å²) in [5.74, 6) is -0.334. The van der Waals surface area contributed by atoms with Crippen LogP contribution in [0.3, 0.4) is 0 Å². The molecule has 0 bridgehead atoms. The number of fused-ring (bicyclic) bond motifs is 1. The van der Waals surface area contributed by atoms with Crippen LogP contribution < -0.4 is 11.1 Å². The van der Waals surface area contributed by atoms with Gasteiger partial charge in [0.05, 0.1) is 16.3 Å². The van der Waals surface area contributed by atoms with E-state index in [0.717, 1.165) is 10.4 Å². The number of benzene rings is 1. The van der Waals surface area contributed by atoms with Crippen LogP contribution in [-0.2, 0) is 19.6 Å². The van der Waals surface area contributed by atoms with Gasteiger partial charge in [-0.3, -0.25) is 4.79 Å². The van der Waals surface area contributed by atoms with Crippen LogP contribution in [0.2, 0.25) is 0 Å². The fourth-order valence-electron chi connectivity index (χ4n) is 2.64. The molecule has 9 heteroatoms.